The van der Waals surface area contributed by atoms with Crippen LogP contribution < -0.4 is 5.43 Å². The number of carboxylic acid groups (broad SMARTS) is 1. The molecule has 0 aliphatic carbocycles. The van der Waals surface area contributed by atoms with Gasteiger partial charge in [0.25, 0.3) is 0 Å². The van der Waals surface area contributed by atoms with E-state index in [0.717, 1.165) is 22.3 Å². The van der Waals surface area contributed by atoms with Gasteiger partial charge in [-0.05, 0) is 43.0 Å². The number of nitrogens with one attached hydrogen (secondary N) is 1. The average molecular weight is 525 g/mol. The van der Waals surface area contributed by atoms with Crippen molar-refractivity contribution in [3.05, 3.63) is 108 Å². The Labute approximate surface area is 228 Å². The maximum Gasteiger partial charge on any atom is 0.304 e. The molecule has 1 amide bonds. The number of carboxylic acids is 1. The summed E-state index contributed by atoms with van der Waals surface area (Å²) in [5, 5.41) is 11.4. The lowest BCUT2D eigenvalue weighted by molar-refractivity contribution is -0.144. The third-order valence-electron chi connectivity index (χ3n) is 7.11. The highest BCUT2D eigenvalue weighted by Crippen LogP contribution is 2.32. The summed E-state index contributed by atoms with van der Waals surface area (Å²) in [5.41, 5.74) is 6.91. The number of hydrogen-bond acceptors (Lipinski definition) is 5. The smallest absolute Gasteiger partial charge is 0.304 e. The molecule has 7 heteroatoms. The zero-order valence-electron chi connectivity index (χ0n) is 22.0. The third kappa shape index (κ3) is 6.11. The van der Waals surface area contributed by atoms with Crippen LogP contribution in [0.3, 0.4) is 0 Å². The van der Waals surface area contributed by atoms with Crippen LogP contribution in [0.2, 0.25) is 0 Å². The Bertz CT molecular complexity index is 1410. The van der Waals surface area contributed by atoms with Crippen LogP contribution in [0.25, 0.3) is 22.5 Å². The predicted octanol–water partition coefficient (Wildman–Crippen LogP) is 5.88. The van der Waals surface area contributed by atoms with E-state index in [4.69, 9.17) is 9.15 Å². The van der Waals surface area contributed by atoms with Gasteiger partial charge < -0.3 is 14.3 Å². The van der Waals surface area contributed by atoms with Gasteiger partial charge in [0.05, 0.1) is 31.3 Å². The van der Waals surface area contributed by atoms with Crippen LogP contribution in [0.5, 0.6) is 0 Å². The molecular formula is C32H32N2O5. The van der Waals surface area contributed by atoms with Crippen molar-refractivity contribution in [1.29, 1.82) is 0 Å². The lowest BCUT2D eigenvalue weighted by Crippen LogP contribution is -2.56. The van der Waals surface area contributed by atoms with Gasteiger partial charge in [0.1, 0.15) is 11.5 Å². The number of ether oxygens (including phenoxy) is 1. The molecule has 1 saturated heterocycles. The fourth-order valence-corrected chi connectivity index (χ4v) is 5.02. The Morgan fingerprint density at radius 1 is 0.949 bits per heavy atom. The number of hydrazine groups is 1. The number of nitrogens with zero attached hydrogens (tertiary/aromatic N) is 1. The molecule has 2 N–H and O–H groups in total. The molecule has 7 nitrogen and oxygen atoms in total. The van der Waals surface area contributed by atoms with E-state index < -0.39 is 23.5 Å². The Morgan fingerprint density at radius 2 is 1.56 bits per heavy atom. The van der Waals surface area contributed by atoms with Crippen molar-refractivity contribution < 1.29 is 23.8 Å². The number of hydrogen-bond donors (Lipinski definition) is 2. The summed E-state index contributed by atoms with van der Waals surface area (Å²) in [5.74, 6) is -1.85. The largest absolute Gasteiger partial charge is 0.481 e. The van der Waals surface area contributed by atoms with Crippen molar-refractivity contribution in [1.82, 2.24) is 10.4 Å². The monoisotopic (exact) mass is 524 g/mol. The number of amides is 1. The number of rotatable bonds is 9. The van der Waals surface area contributed by atoms with Gasteiger partial charge in [0.2, 0.25) is 5.91 Å². The molecule has 0 saturated carbocycles. The number of carbonyl (C=O) groups is 2. The maximum absolute atomic E-state index is 13.6. The van der Waals surface area contributed by atoms with Gasteiger partial charge in [-0.1, -0.05) is 84.9 Å². The van der Waals surface area contributed by atoms with Gasteiger partial charge in [-0.3, -0.25) is 15.0 Å². The van der Waals surface area contributed by atoms with E-state index in [1.165, 1.54) is 6.26 Å². The summed E-state index contributed by atoms with van der Waals surface area (Å²) in [6.45, 7) is 4.22. The molecule has 39 heavy (non-hydrogen) atoms. The highest BCUT2D eigenvalue weighted by atomic mass is 16.5. The first-order valence-corrected chi connectivity index (χ1v) is 13.0. The summed E-state index contributed by atoms with van der Waals surface area (Å²) in [6.07, 6.45) is 1.79. The van der Waals surface area contributed by atoms with Crippen LogP contribution in [0.15, 0.2) is 102 Å². The minimum Gasteiger partial charge on any atom is -0.481 e. The molecule has 5 rings (SSSR count). The second-order valence-corrected chi connectivity index (χ2v) is 10.3. The van der Waals surface area contributed by atoms with Crippen molar-refractivity contribution in [2.24, 2.45) is 0 Å². The second-order valence-electron chi connectivity index (χ2n) is 10.3. The highest BCUT2D eigenvalue weighted by molar-refractivity contribution is 5.88. The average Bonchev–Trinajstić information content (AvgIpc) is 3.53. The van der Waals surface area contributed by atoms with E-state index in [1.807, 2.05) is 98.8 Å². The van der Waals surface area contributed by atoms with Crippen molar-refractivity contribution in [3.8, 4) is 22.5 Å². The van der Waals surface area contributed by atoms with E-state index in [1.54, 1.807) is 11.1 Å². The van der Waals surface area contributed by atoms with Crippen molar-refractivity contribution >= 4 is 11.9 Å². The second kappa shape index (κ2) is 11.3. The Balaban J connectivity index is 1.34. The molecule has 3 aromatic carbocycles. The maximum atomic E-state index is 13.6. The predicted molar refractivity (Wildman–Crippen MR) is 149 cm³/mol. The van der Waals surface area contributed by atoms with E-state index in [0.29, 0.717) is 24.4 Å². The van der Waals surface area contributed by atoms with Gasteiger partial charge in [-0.25, -0.2) is 0 Å². The van der Waals surface area contributed by atoms with Gasteiger partial charge in [-0.15, -0.1) is 0 Å². The van der Waals surface area contributed by atoms with E-state index in [9.17, 15) is 14.7 Å². The van der Waals surface area contributed by atoms with Crippen LogP contribution in [0.4, 0.5) is 0 Å². The van der Waals surface area contributed by atoms with Crippen LogP contribution in [-0.4, -0.2) is 40.4 Å². The van der Waals surface area contributed by atoms with E-state index in [-0.39, 0.29) is 12.5 Å². The molecule has 2 heterocycles. The molecule has 0 radical (unpaired) electrons. The van der Waals surface area contributed by atoms with Gasteiger partial charge in [-0.2, -0.15) is 5.01 Å². The standard InChI is InChI=1S/C32H32N2O5/c1-32(2)34(27(21-39-32)17-22-9-5-3-6-10-22)33-31(37)28(19-30(35)36)26-18-29(38-20-26)25-15-13-24(14-16-25)23-11-7-4-8-12-23/h3-16,18,20,27-28H,17,19,21H2,1-2H3,(H,33,37)(H,35,36)/t27-,28+/m0/s1. The van der Waals surface area contributed by atoms with Crippen molar-refractivity contribution in [3.63, 3.8) is 0 Å². The number of benzene rings is 3. The molecular weight excluding hydrogens is 492 g/mol. The summed E-state index contributed by atoms with van der Waals surface area (Å²) >= 11 is 0. The minimum atomic E-state index is -1.07. The Morgan fingerprint density at radius 3 is 2.23 bits per heavy atom. The normalized spacial score (nSPS) is 17.5. The van der Waals surface area contributed by atoms with Crippen molar-refractivity contribution in [2.75, 3.05) is 6.61 Å². The third-order valence-corrected chi connectivity index (χ3v) is 7.11. The van der Waals surface area contributed by atoms with Crippen LogP contribution in [0, 0.1) is 0 Å². The Kier molecular flexibility index (Phi) is 7.63. The summed E-state index contributed by atoms with van der Waals surface area (Å²) < 4.78 is 11.8. The topological polar surface area (TPSA) is 92.0 Å². The fourth-order valence-electron chi connectivity index (χ4n) is 5.02. The molecule has 2 atom stereocenters. The quantitative estimate of drug-likeness (QED) is 0.284. The fraction of sp³-hybridized carbons (Fsp3) is 0.250. The molecule has 1 aliphatic heterocycles. The lowest BCUT2D eigenvalue weighted by atomic mass is 9.96. The first kappa shape index (κ1) is 26.4. The van der Waals surface area contributed by atoms with Gasteiger partial charge in [0, 0.05) is 11.1 Å². The molecule has 1 aromatic heterocycles. The molecule has 0 bridgehead atoms. The first-order valence-electron chi connectivity index (χ1n) is 13.0. The summed E-state index contributed by atoms with van der Waals surface area (Å²) in [7, 11) is 0. The summed E-state index contributed by atoms with van der Waals surface area (Å²) in [6, 6.07) is 29.6. The van der Waals surface area contributed by atoms with Crippen LogP contribution in [-0.2, 0) is 20.7 Å². The zero-order chi connectivity index (χ0) is 27.4. The number of carbonyl (C=O) groups excluding carboxylic acids is 1. The lowest BCUT2D eigenvalue weighted by Gasteiger charge is -2.34. The number of furan rings is 1. The molecule has 1 aliphatic rings. The van der Waals surface area contributed by atoms with Crippen LogP contribution in [0.1, 0.15) is 37.3 Å². The summed E-state index contributed by atoms with van der Waals surface area (Å²) in [4.78, 5) is 25.3. The Hall–Kier alpha value is -4.20. The molecule has 0 unspecified atom stereocenters. The highest BCUT2D eigenvalue weighted by Gasteiger charge is 2.43. The molecule has 4 aromatic rings. The van der Waals surface area contributed by atoms with E-state index >= 15 is 0 Å². The van der Waals surface area contributed by atoms with Gasteiger partial charge in [0.15, 0.2) is 0 Å². The molecule has 0 spiro atoms. The minimum absolute atomic E-state index is 0.0973. The molecule has 200 valence electrons. The molecule has 1 fully saturated rings. The van der Waals surface area contributed by atoms with Gasteiger partial charge >= 0.3 is 5.97 Å². The van der Waals surface area contributed by atoms with Crippen LogP contribution >= 0.6 is 0 Å². The number of aliphatic carboxylic acids is 1. The van der Waals surface area contributed by atoms with Crippen molar-refractivity contribution in [2.45, 2.75) is 44.4 Å². The zero-order valence-corrected chi connectivity index (χ0v) is 22.0. The van der Waals surface area contributed by atoms with E-state index in [2.05, 4.69) is 5.43 Å². The SMILES string of the molecule is CC1(C)OC[C@H](Cc2ccccc2)N1NC(=O)[C@H](CC(=O)O)c1coc(-c2ccc(-c3ccccc3)cc2)c1. The first-order chi connectivity index (χ1) is 18.8.